The molecule has 0 aromatic carbocycles. The highest BCUT2D eigenvalue weighted by Gasteiger charge is 2.19. The van der Waals surface area contributed by atoms with Gasteiger partial charge in [-0.3, -0.25) is 4.90 Å². The zero-order valence-electron chi connectivity index (χ0n) is 11.5. The standard InChI is InChI=1S/C14H18N4O2/c1-20-14(19)11-2-6-16-13(10-11)17-12-3-7-18(8-4-12)9-5-15/h2,6,10,12H,3-4,7-9H2,1H3,(H,16,17). The third-order valence-electron chi connectivity index (χ3n) is 3.41. The van der Waals surface area contributed by atoms with Crippen LogP contribution in [0.5, 0.6) is 0 Å². The minimum Gasteiger partial charge on any atom is -0.465 e. The van der Waals surface area contributed by atoms with Gasteiger partial charge in [0.05, 0.1) is 25.3 Å². The van der Waals surface area contributed by atoms with Gasteiger partial charge in [0.1, 0.15) is 5.82 Å². The van der Waals surface area contributed by atoms with Crippen LogP contribution in [-0.2, 0) is 4.74 Å². The maximum Gasteiger partial charge on any atom is 0.338 e. The summed E-state index contributed by atoms with van der Waals surface area (Å²) in [5.41, 5.74) is 0.493. The molecule has 1 saturated heterocycles. The van der Waals surface area contributed by atoms with Crippen molar-refractivity contribution in [2.75, 3.05) is 32.1 Å². The third-order valence-corrected chi connectivity index (χ3v) is 3.41. The van der Waals surface area contributed by atoms with Gasteiger partial charge in [0.15, 0.2) is 0 Å². The molecule has 20 heavy (non-hydrogen) atoms. The summed E-state index contributed by atoms with van der Waals surface area (Å²) in [6.07, 6.45) is 3.52. The van der Waals surface area contributed by atoms with Crippen LogP contribution >= 0.6 is 0 Å². The van der Waals surface area contributed by atoms with E-state index in [-0.39, 0.29) is 5.97 Å². The number of nitrogens with zero attached hydrogens (tertiary/aromatic N) is 3. The van der Waals surface area contributed by atoms with Gasteiger partial charge in [-0.25, -0.2) is 9.78 Å². The van der Waals surface area contributed by atoms with E-state index in [4.69, 9.17) is 10.00 Å². The molecule has 0 unspecified atom stereocenters. The van der Waals surface area contributed by atoms with Gasteiger partial charge in [0.25, 0.3) is 0 Å². The van der Waals surface area contributed by atoms with E-state index in [9.17, 15) is 4.79 Å². The molecule has 0 bridgehead atoms. The van der Waals surface area contributed by atoms with E-state index < -0.39 is 0 Å². The first-order valence-electron chi connectivity index (χ1n) is 6.63. The lowest BCUT2D eigenvalue weighted by Gasteiger charge is -2.30. The van der Waals surface area contributed by atoms with Crippen molar-refractivity contribution in [3.05, 3.63) is 23.9 Å². The van der Waals surface area contributed by atoms with Gasteiger partial charge < -0.3 is 10.1 Å². The van der Waals surface area contributed by atoms with Crippen LogP contribution in [0.4, 0.5) is 5.82 Å². The number of carbonyl (C=O) groups excluding carboxylic acids is 1. The number of hydrogen-bond donors (Lipinski definition) is 1. The second-order valence-electron chi connectivity index (χ2n) is 4.77. The predicted molar refractivity (Wildman–Crippen MR) is 74.3 cm³/mol. The molecule has 1 aliphatic rings. The van der Waals surface area contributed by atoms with Gasteiger partial charge >= 0.3 is 5.97 Å². The van der Waals surface area contributed by atoms with Crippen molar-refractivity contribution in [2.24, 2.45) is 0 Å². The van der Waals surface area contributed by atoms with Crippen molar-refractivity contribution in [1.29, 1.82) is 5.26 Å². The zero-order chi connectivity index (χ0) is 14.4. The fourth-order valence-corrected chi connectivity index (χ4v) is 2.30. The van der Waals surface area contributed by atoms with Gasteiger partial charge in [0, 0.05) is 25.3 Å². The molecule has 0 atom stereocenters. The number of ether oxygens (including phenoxy) is 1. The molecule has 106 valence electrons. The minimum absolute atomic E-state index is 0.324. The second kappa shape index (κ2) is 6.87. The molecular formula is C14H18N4O2. The SMILES string of the molecule is COC(=O)c1ccnc(NC2CCN(CC#N)CC2)c1. The molecule has 6 heteroatoms. The van der Waals surface area contributed by atoms with Crippen LogP contribution < -0.4 is 5.32 Å². The van der Waals surface area contributed by atoms with Gasteiger partial charge in [-0.1, -0.05) is 0 Å². The largest absolute Gasteiger partial charge is 0.465 e. The number of rotatable bonds is 4. The molecule has 2 heterocycles. The Bertz CT molecular complexity index is 504. The van der Waals surface area contributed by atoms with E-state index in [1.54, 1.807) is 18.3 Å². The Labute approximate surface area is 118 Å². The van der Waals surface area contributed by atoms with Crippen molar-refractivity contribution in [2.45, 2.75) is 18.9 Å². The summed E-state index contributed by atoms with van der Waals surface area (Å²) < 4.78 is 4.69. The molecule has 1 fully saturated rings. The smallest absolute Gasteiger partial charge is 0.338 e. The molecule has 0 radical (unpaired) electrons. The van der Waals surface area contributed by atoms with Crippen LogP contribution in [0.1, 0.15) is 23.2 Å². The molecular weight excluding hydrogens is 256 g/mol. The Morgan fingerprint density at radius 1 is 1.60 bits per heavy atom. The first-order chi connectivity index (χ1) is 9.72. The van der Waals surface area contributed by atoms with E-state index in [0.29, 0.717) is 24.0 Å². The Balaban J connectivity index is 1.91. The normalized spacial score (nSPS) is 16.4. The lowest BCUT2D eigenvalue weighted by atomic mass is 10.1. The highest BCUT2D eigenvalue weighted by molar-refractivity contribution is 5.89. The monoisotopic (exact) mass is 274 g/mol. The molecule has 1 aromatic heterocycles. The average molecular weight is 274 g/mol. The predicted octanol–water partition coefficient (Wildman–Crippen LogP) is 1.27. The number of anilines is 1. The summed E-state index contributed by atoms with van der Waals surface area (Å²) in [6.45, 7) is 2.30. The van der Waals surface area contributed by atoms with Gasteiger partial charge in [-0.15, -0.1) is 0 Å². The lowest BCUT2D eigenvalue weighted by Crippen LogP contribution is -2.39. The molecule has 0 saturated carbocycles. The molecule has 0 spiro atoms. The second-order valence-corrected chi connectivity index (χ2v) is 4.77. The number of piperidine rings is 1. The number of hydrogen-bond acceptors (Lipinski definition) is 6. The Hall–Kier alpha value is -2.13. The van der Waals surface area contributed by atoms with Crippen LogP contribution in [0, 0.1) is 11.3 Å². The number of esters is 1. The fraction of sp³-hybridized carbons (Fsp3) is 0.500. The first-order valence-corrected chi connectivity index (χ1v) is 6.63. The number of nitrogens with one attached hydrogen (secondary N) is 1. The number of likely N-dealkylation sites (tertiary alicyclic amines) is 1. The van der Waals surface area contributed by atoms with Crippen LogP contribution in [0.15, 0.2) is 18.3 Å². The van der Waals surface area contributed by atoms with Gasteiger partial charge in [-0.05, 0) is 25.0 Å². The van der Waals surface area contributed by atoms with E-state index >= 15 is 0 Å². The van der Waals surface area contributed by atoms with Crippen molar-refractivity contribution >= 4 is 11.8 Å². The molecule has 2 rings (SSSR count). The topological polar surface area (TPSA) is 78.2 Å². The zero-order valence-corrected chi connectivity index (χ0v) is 11.5. The fourth-order valence-electron chi connectivity index (χ4n) is 2.30. The summed E-state index contributed by atoms with van der Waals surface area (Å²) in [7, 11) is 1.36. The number of nitriles is 1. The van der Waals surface area contributed by atoms with Crippen LogP contribution in [0.25, 0.3) is 0 Å². The van der Waals surface area contributed by atoms with E-state index in [1.165, 1.54) is 7.11 Å². The van der Waals surface area contributed by atoms with Crippen molar-refractivity contribution in [3.63, 3.8) is 0 Å². The van der Waals surface area contributed by atoms with Crippen molar-refractivity contribution < 1.29 is 9.53 Å². The van der Waals surface area contributed by atoms with E-state index in [2.05, 4.69) is 21.3 Å². The lowest BCUT2D eigenvalue weighted by molar-refractivity contribution is 0.0600. The van der Waals surface area contributed by atoms with Crippen molar-refractivity contribution in [3.8, 4) is 6.07 Å². The molecule has 6 nitrogen and oxygen atoms in total. The Morgan fingerprint density at radius 2 is 2.35 bits per heavy atom. The number of methoxy groups -OCH3 is 1. The highest BCUT2D eigenvalue weighted by atomic mass is 16.5. The number of pyridine rings is 1. The minimum atomic E-state index is -0.362. The highest BCUT2D eigenvalue weighted by Crippen LogP contribution is 2.16. The van der Waals surface area contributed by atoms with Crippen LogP contribution in [-0.4, -0.2) is 48.6 Å². The molecule has 1 aliphatic heterocycles. The summed E-state index contributed by atoms with van der Waals surface area (Å²) in [4.78, 5) is 17.8. The number of aromatic nitrogens is 1. The first kappa shape index (κ1) is 14.3. The molecule has 1 N–H and O–H groups in total. The molecule has 0 aliphatic carbocycles. The average Bonchev–Trinajstić information content (AvgIpc) is 2.49. The van der Waals surface area contributed by atoms with Gasteiger partial charge in [-0.2, -0.15) is 5.26 Å². The maximum absolute atomic E-state index is 11.5. The maximum atomic E-state index is 11.5. The third kappa shape index (κ3) is 3.68. The van der Waals surface area contributed by atoms with E-state index in [1.807, 2.05) is 0 Å². The summed E-state index contributed by atoms with van der Waals surface area (Å²) in [5, 5.41) is 12.0. The van der Waals surface area contributed by atoms with Gasteiger partial charge in [0.2, 0.25) is 0 Å². The van der Waals surface area contributed by atoms with Crippen LogP contribution in [0.2, 0.25) is 0 Å². The summed E-state index contributed by atoms with van der Waals surface area (Å²) in [5.74, 6) is 0.325. The summed E-state index contributed by atoms with van der Waals surface area (Å²) in [6, 6.07) is 5.83. The van der Waals surface area contributed by atoms with E-state index in [0.717, 1.165) is 25.9 Å². The summed E-state index contributed by atoms with van der Waals surface area (Å²) >= 11 is 0. The van der Waals surface area contributed by atoms with Crippen molar-refractivity contribution in [1.82, 2.24) is 9.88 Å². The Kier molecular flexibility index (Phi) is 4.91. The Morgan fingerprint density at radius 3 is 3.00 bits per heavy atom. The quantitative estimate of drug-likeness (QED) is 0.658. The van der Waals surface area contributed by atoms with Crippen LogP contribution in [0.3, 0.4) is 0 Å². The number of carbonyl (C=O) groups is 1. The molecule has 0 amide bonds. The molecule has 1 aromatic rings.